The number of aryl methyl sites for hydroxylation is 1. The highest BCUT2D eigenvalue weighted by molar-refractivity contribution is 7.21. The molecule has 2 aromatic rings. The van der Waals surface area contributed by atoms with E-state index in [1.807, 2.05) is 19.1 Å². The highest BCUT2D eigenvalue weighted by Crippen LogP contribution is 2.33. The van der Waals surface area contributed by atoms with Crippen LogP contribution >= 0.6 is 22.9 Å². The van der Waals surface area contributed by atoms with Crippen LogP contribution in [0.3, 0.4) is 0 Å². The summed E-state index contributed by atoms with van der Waals surface area (Å²) >= 11 is 7.48. The molecule has 0 aliphatic carbocycles. The van der Waals surface area contributed by atoms with Gasteiger partial charge in [-0.1, -0.05) is 17.7 Å². The van der Waals surface area contributed by atoms with Crippen molar-refractivity contribution < 1.29 is 4.79 Å². The lowest BCUT2D eigenvalue weighted by Gasteiger charge is -1.96. The molecule has 0 saturated carbocycles. The third-order valence-electron chi connectivity index (χ3n) is 2.27. The van der Waals surface area contributed by atoms with E-state index in [-0.39, 0.29) is 5.96 Å². The number of carbonyl (C=O) groups is 1. The Balaban J connectivity index is 2.56. The van der Waals surface area contributed by atoms with Gasteiger partial charge in [0.15, 0.2) is 5.96 Å². The van der Waals surface area contributed by atoms with Gasteiger partial charge in [0.05, 0.1) is 9.90 Å². The van der Waals surface area contributed by atoms with Crippen molar-refractivity contribution >= 4 is 44.9 Å². The molecular weight excluding hydrogens is 258 g/mol. The average molecular weight is 268 g/mol. The number of rotatable bonds is 1. The number of carbonyl (C=O) groups excluding carboxylic acids is 1. The van der Waals surface area contributed by atoms with Crippen molar-refractivity contribution in [3.63, 3.8) is 0 Å². The number of aliphatic imine (C=N–C) groups is 1. The van der Waals surface area contributed by atoms with Crippen molar-refractivity contribution in [2.75, 3.05) is 0 Å². The summed E-state index contributed by atoms with van der Waals surface area (Å²) < 4.78 is 0.940. The van der Waals surface area contributed by atoms with Gasteiger partial charge in [0.1, 0.15) is 0 Å². The number of hydrogen-bond acceptors (Lipinski definition) is 2. The Kier molecular flexibility index (Phi) is 3.04. The molecule has 0 fully saturated rings. The lowest BCUT2D eigenvalue weighted by Crippen LogP contribution is -2.24. The molecule has 1 aromatic heterocycles. The predicted octanol–water partition coefficient (Wildman–Crippen LogP) is 2.28. The predicted molar refractivity (Wildman–Crippen MR) is 71.7 cm³/mol. The van der Waals surface area contributed by atoms with Crippen molar-refractivity contribution in [1.29, 1.82) is 0 Å². The molecule has 0 radical (unpaired) electrons. The van der Waals surface area contributed by atoms with Crippen molar-refractivity contribution in [3.05, 3.63) is 33.7 Å². The Labute approximate surface area is 107 Å². The number of amides is 1. The molecule has 1 heterocycles. The van der Waals surface area contributed by atoms with E-state index in [1.165, 1.54) is 11.3 Å². The fourth-order valence-corrected chi connectivity index (χ4v) is 2.69. The van der Waals surface area contributed by atoms with Gasteiger partial charge in [0.2, 0.25) is 0 Å². The Morgan fingerprint density at radius 1 is 1.41 bits per heavy atom. The van der Waals surface area contributed by atoms with E-state index in [2.05, 4.69) is 4.99 Å². The summed E-state index contributed by atoms with van der Waals surface area (Å²) in [7, 11) is 0. The smallest absolute Gasteiger partial charge is 0.290 e. The molecule has 6 heteroatoms. The second-order valence-electron chi connectivity index (χ2n) is 3.56. The van der Waals surface area contributed by atoms with Gasteiger partial charge >= 0.3 is 0 Å². The van der Waals surface area contributed by atoms with Crippen LogP contribution in [0.15, 0.2) is 23.2 Å². The van der Waals surface area contributed by atoms with Crippen LogP contribution in [0.2, 0.25) is 5.02 Å². The van der Waals surface area contributed by atoms with Gasteiger partial charge in [-0.15, -0.1) is 11.3 Å². The van der Waals surface area contributed by atoms with Crippen LogP contribution in [0, 0.1) is 6.92 Å². The number of hydrogen-bond donors (Lipinski definition) is 2. The van der Waals surface area contributed by atoms with Gasteiger partial charge in [-0.3, -0.25) is 4.79 Å². The maximum absolute atomic E-state index is 11.6. The Bertz CT molecular complexity index is 629. The Hall–Kier alpha value is -1.59. The standard InChI is InChI=1S/C11H10ClN3OS/c1-5-2-3-7-6(9(5)12)4-8(17-7)10(16)15-11(13)14/h2-4H,1H3,(H4,13,14,15,16). The van der Waals surface area contributed by atoms with E-state index in [0.717, 1.165) is 15.6 Å². The zero-order valence-electron chi connectivity index (χ0n) is 9.03. The van der Waals surface area contributed by atoms with Gasteiger partial charge < -0.3 is 11.5 Å². The van der Waals surface area contributed by atoms with Crippen LogP contribution in [0.5, 0.6) is 0 Å². The van der Waals surface area contributed by atoms with E-state index in [0.29, 0.717) is 9.90 Å². The number of guanidine groups is 1. The fourth-order valence-electron chi connectivity index (χ4n) is 1.46. The summed E-state index contributed by atoms with van der Waals surface area (Å²) in [6.45, 7) is 1.91. The monoisotopic (exact) mass is 267 g/mol. The Morgan fingerprint density at radius 2 is 2.12 bits per heavy atom. The van der Waals surface area contributed by atoms with Crippen molar-refractivity contribution in [2.24, 2.45) is 16.5 Å². The molecule has 4 N–H and O–H groups in total. The van der Waals surface area contributed by atoms with E-state index >= 15 is 0 Å². The number of benzene rings is 1. The zero-order chi connectivity index (χ0) is 12.6. The molecule has 0 aliphatic heterocycles. The summed E-state index contributed by atoms with van der Waals surface area (Å²) in [5, 5.41) is 1.51. The molecule has 0 atom stereocenters. The van der Waals surface area contributed by atoms with E-state index in [4.69, 9.17) is 23.1 Å². The quantitative estimate of drug-likeness (QED) is 0.614. The summed E-state index contributed by atoms with van der Waals surface area (Å²) in [6, 6.07) is 5.55. The zero-order valence-corrected chi connectivity index (χ0v) is 10.6. The van der Waals surface area contributed by atoms with E-state index < -0.39 is 5.91 Å². The lowest BCUT2D eigenvalue weighted by molar-refractivity contribution is 0.101. The van der Waals surface area contributed by atoms with E-state index in [1.54, 1.807) is 6.07 Å². The van der Waals surface area contributed by atoms with Gasteiger partial charge in [-0.2, -0.15) is 4.99 Å². The molecule has 0 saturated heterocycles. The first-order chi connectivity index (χ1) is 7.99. The molecule has 17 heavy (non-hydrogen) atoms. The first kappa shape index (κ1) is 11.9. The second-order valence-corrected chi connectivity index (χ2v) is 5.02. The number of thiophene rings is 1. The number of halogens is 1. The third kappa shape index (κ3) is 2.25. The molecule has 88 valence electrons. The minimum absolute atomic E-state index is 0.241. The minimum Gasteiger partial charge on any atom is -0.370 e. The topological polar surface area (TPSA) is 81.5 Å². The third-order valence-corrected chi connectivity index (χ3v) is 3.86. The maximum Gasteiger partial charge on any atom is 0.290 e. The summed E-state index contributed by atoms with van der Waals surface area (Å²) in [6.07, 6.45) is 0. The molecule has 2 rings (SSSR count). The van der Waals surface area contributed by atoms with Crippen LogP contribution in [0.25, 0.3) is 10.1 Å². The maximum atomic E-state index is 11.6. The lowest BCUT2D eigenvalue weighted by atomic mass is 10.2. The van der Waals surface area contributed by atoms with Crippen LogP contribution < -0.4 is 11.5 Å². The van der Waals surface area contributed by atoms with Gasteiger partial charge in [0.25, 0.3) is 5.91 Å². The molecule has 4 nitrogen and oxygen atoms in total. The van der Waals surface area contributed by atoms with Crippen LogP contribution in [0.1, 0.15) is 15.2 Å². The first-order valence-electron chi connectivity index (χ1n) is 4.81. The molecular formula is C11H10ClN3OS. The van der Waals surface area contributed by atoms with Crippen LogP contribution in [0.4, 0.5) is 0 Å². The number of fused-ring (bicyclic) bond motifs is 1. The summed E-state index contributed by atoms with van der Waals surface area (Å²) in [5.41, 5.74) is 11.3. The van der Waals surface area contributed by atoms with Crippen molar-refractivity contribution in [3.8, 4) is 0 Å². The van der Waals surface area contributed by atoms with Crippen LogP contribution in [-0.4, -0.2) is 11.9 Å². The summed E-state index contributed by atoms with van der Waals surface area (Å²) in [5.74, 6) is -0.686. The number of nitrogens with zero attached hydrogens (tertiary/aromatic N) is 1. The molecule has 0 bridgehead atoms. The highest BCUT2D eigenvalue weighted by atomic mass is 35.5. The first-order valence-corrected chi connectivity index (χ1v) is 6.01. The van der Waals surface area contributed by atoms with Crippen molar-refractivity contribution in [1.82, 2.24) is 0 Å². The molecule has 1 amide bonds. The Morgan fingerprint density at radius 3 is 2.76 bits per heavy atom. The van der Waals surface area contributed by atoms with Gasteiger partial charge in [-0.25, -0.2) is 0 Å². The molecule has 0 aliphatic rings. The number of nitrogens with two attached hydrogens (primary N) is 2. The largest absolute Gasteiger partial charge is 0.370 e. The van der Waals surface area contributed by atoms with Crippen molar-refractivity contribution in [2.45, 2.75) is 6.92 Å². The van der Waals surface area contributed by atoms with Crippen LogP contribution in [-0.2, 0) is 0 Å². The normalized spacial score (nSPS) is 10.5. The SMILES string of the molecule is Cc1ccc2sc(C(=O)N=C(N)N)cc2c1Cl. The summed E-state index contributed by atoms with van der Waals surface area (Å²) in [4.78, 5) is 15.6. The molecule has 1 aromatic carbocycles. The second kappa shape index (κ2) is 4.35. The molecule has 0 unspecified atom stereocenters. The van der Waals surface area contributed by atoms with Gasteiger partial charge in [0, 0.05) is 10.1 Å². The average Bonchev–Trinajstić information content (AvgIpc) is 2.67. The minimum atomic E-state index is -0.445. The van der Waals surface area contributed by atoms with E-state index in [9.17, 15) is 4.79 Å². The van der Waals surface area contributed by atoms with Gasteiger partial charge in [-0.05, 0) is 24.6 Å². The molecule has 0 spiro atoms. The fraction of sp³-hybridized carbons (Fsp3) is 0.0909. The highest BCUT2D eigenvalue weighted by Gasteiger charge is 2.12.